The van der Waals surface area contributed by atoms with Gasteiger partial charge < -0.3 is 15.1 Å². The average molecular weight is 392 g/mol. The predicted octanol–water partition coefficient (Wildman–Crippen LogP) is 3.92. The molecule has 4 rings (SSSR count). The lowest BCUT2D eigenvalue weighted by molar-refractivity contribution is 0.158. The molecule has 8 nitrogen and oxygen atoms in total. The minimum Gasteiger partial charge on any atom is -0.396 e. The van der Waals surface area contributed by atoms with Crippen molar-refractivity contribution in [1.29, 1.82) is 0 Å². The lowest BCUT2D eigenvalue weighted by Gasteiger charge is -2.09. The van der Waals surface area contributed by atoms with Gasteiger partial charge in [0.05, 0.1) is 16.7 Å². The van der Waals surface area contributed by atoms with E-state index >= 15 is 0 Å². The highest BCUT2D eigenvalue weighted by molar-refractivity contribution is 6.12. The molecule has 3 N–H and O–H groups in total. The third kappa shape index (κ3) is 4.21. The van der Waals surface area contributed by atoms with E-state index in [1.807, 2.05) is 38.2 Å². The number of fused-ring (bicyclic) bond motifs is 1. The van der Waals surface area contributed by atoms with Crippen LogP contribution in [0.5, 0.6) is 0 Å². The van der Waals surface area contributed by atoms with Gasteiger partial charge in [-0.25, -0.2) is 9.78 Å². The Balaban J connectivity index is 1.83. The molecule has 0 unspecified atom stereocenters. The van der Waals surface area contributed by atoms with Gasteiger partial charge in [0.2, 0.25) is 5.95 Å². The summed E-state index contributed by atoms with van der Waals surface area (Å²) >= 11 is 0. The number of aromatic amines is 1. The summed E-state index contributed by atoms with van der Waals surface area (Å²) in [6.45, 7) is 4.83. The van der Waals surface area contributed by atoms with Crippen molar-refractivity contribution in [3.8, 4) is 11.1 Å². The number of H-pyrrole nitrogens is 1. The molecule has 0 bridgehead atoms. The molecule has 2 aromatic heterocycles. The van der Waals surface area contributed by atoms with Crippen LogP contribution in [0.3, 0.4) is 0 Å². The highest BCUT2D eigenvalue weighted by Gasteiger charge is 2.31. The second kappa shape index (κ2) is 8.30. The first-order chi connectivity index (χ1) is 14.2. The molecule has 29 heavy (non-hydrogen) atoms. The third-order valence-corrected chi connectivity index (χ3v) is 4.69. The van der Waals surface area contributed by atoms with Crippen molar-refractivity contribution in [2.24, 2.45) is 11.1 Å². The summed E-state index contributed by atoms with van der Waals surface area (Å²) in [6, 6.07) is 7.69. The van der Waals surface area contributed by atoms with Gasteiger partial charge in [0.25, 0.3) is 0 Å². The number of carbonyl (C=O) groups excluding carboxylic acids is 1. The van der Waals surface area contributed by atoms with Gasteiger partial charge in [-0.3, -0.25) is 10.3 Å². The van der Waals surface area contributed by atoms with Crippen molar-refractivity contribution in [2.75, 3.05) is 18.5 Å². The van der Waals surface area contributed by atoms with Gasteiger partial charge in [-0.1, -0.05) is 11.2 Å². The number of amides is 2. The van der Waals surface area contributed by atoms with Gasteiger partial charge in [-0.2, -0.15) is 0 Å². The summed E-state index contributed by atoms with van der Waals surface area (Å²) in [4.78, 5) is 29.4. The topological polar surface area (TPSA) is 104 Å². The molecular weight excluding hydrogens is 368 g/mol. The molecule has 8 heteroatoms. The fourth-order valence-corrected chi connectivity index (χ4v) is 3.22. The van der Waals surface area contributed by atoms with Crippen LogP contribution in [0, 0.1) is 5.92 Å². The highest BCUT2D eigenvalue weighted by atomic mass is 16.6. The van der Waals surface area contributed by atoms with Crippen LogP contribution in [0.4, 0.5) is 10.7 Å². The average Bonchev–Trinajstić information content (AvgIpc) is 3.48. The Morgan fingerprint density at radius 1 is 1.31 bits per heavy atom. The van der Waals surface area contributed by atoms with Gasteiger partial charge in [-0.15, -0.1) is 0 Å². The summed E-state index contributed by atoms with van der Waals surface area (Å²) < 4.78 is 0. The number of hydrogen-bond donors (Lipinski definition) is 3. The molecule has 3 aromatic rings. The molecule has 0 saturated heterocycles. The molecule has 1 fully saturated rings. The molecule has 1 saturated carbocycles. The Bertz CT molecular complexity index is 1040. The summed E-state index contributed by atoms with van der Waals surface area (Å²) in [7, 11) is 0. The van der Waals surface area contributed by atoms with E-state index in [-0.39, 0.29) is 6.03 Å². The highest BCUT2D eigenvalue weighted by Crippen LogP contribution is 2.37. The minimum absolute atomic E-state index is 0.300. The monoisotopic (exact) mass is 392 g/mol. The zero-order valence-electron chi connectivity index (χ0n) is 16.5. The largest absolute Gasteiger partial charge is 0.396 e. The summed E-state index contributed by atoms with van der Waals surface area (Å²) in [6.07, 6.45) is 5.74. The number of rotatable bonds is 7. The number of oxime groups is 1. The molecular formula is C21H24N6O2. The number of urea groups is 1. The first kappa shape index (κ1) is 18.9. The maximum atomic E-state index is 11.9. The molecule has 0 atom stereocenters. The number of pyridine rings is 1. The molecule has 150 valence electrons. The fourth-order valence-electron chi connectivity index (χ4n) is 3.22. The summed E-state index contributed by atoms with van der Waals surface area (Å²) in [5, 5.41) is 9.87. The number of anilines is 1. The Hall–Kier alpha value is -3.42. The lowest BCUT2D eigenvalue weighted by Crippen LogP contribution is -2.28. The van der Waals surface area contributed by atoms with Gasteiger partial charge >= 0.3 is 6.03 Å². The van der Waals surface area contributed by atoms with Gasteiger partial charge in [0.15, 0.2) is 0 Å². The Morgan fingerprint density at radius 2 is 2.17 bits per heavy atom. The molecule has 1 aliphatic carbocycles. The van der Waals surface area contributed by atoms with E-state index in [9.17, 15) is 4.79 Å². The first-order valence-electron chi connectivity index (χ1n) is 9.88. The van der Waals surface area contributed by atoms with Crippen LogP contribution in [-0.4, -0.2) is 39.8 Å². The van der Waals surface area contributed by atoms with Crippen molar-refractivity contribution in [2.45, 2.75) is 26.7 Å². The lowest BCUT2D eigenvalue weighted by atomic mass is 9.98. The molecule has 0 radical (unpaired) electrons. The van der Waals surface area contributed by atoms with E-state index in [0.29, 0.717) is 25.0 Å². The standard InChI is InChI=1S/C21H24N6O2/c1-3-23-21(28)26-20-24-17-11-15(14-6-5-9-22-12-14)10-16(19(17)25-20)18(13-7-8-13)27-29-4-2/h5-6,9-13H,3-4,7-8H2,1-2H3,(H3,23,24,25,26,28)/b27-18+. The first-order valence-corrected chi connectivity index (χ1v) is 9.88. The van der Waals surface area contributed by atoms with Crippen LogP contribution in [0.1, 0.15) is 32.3 Å². The zero-order valence-corrected chi connectivity index (χ0v) is 16.5. The second-order valence-corrected chi connectivity index (χ2v) is 6.90. The number of aromatic nitrogens is 3. The quantitative estimate of drug-likeness (QED) is 0.419. The van der Waals surface area contributed by atoms with Crippen molar-refractivity contribution >= 4 is 28.7 Å². The molecule has 1 aromatic carbocycles. The smallest absolute Gasteiger partial charge is 0.321 e. The SMILES string of the molecule is CCNC(=O)Nc1nc2cc(-c3cccnc3)cc(/C(=N/OCC)C3CC3)c2[nH]1. The predicted molar refractivity (Wildman–Crippen MR) is 113 cm³/mol. The maximum absolute atomic E-state index is 11.9. The van der Waals surface area contributed by atoms with Crippen LogP contribution in [-0.2, 0) is 4.84 Å². The fraction of sp³-hybridized carbons (Fsp3) is 0.333. The van der Waals surface area contributed by atoms with Crippen LogP contribution in [0.25, 0.3) is 22.2 Å². The molecule has 2 heterocycles. The number of carbonyl (C=O) groups is 1. The number of hydrogen-bond acceptors (Lipinski definition) is 5. The van der Waals surface area contributed by atoms with Crippen LogP contribution >= 0.6 is 0 Å². The third-order valence-electron chi connectivity index (χ3n) is 4.69. The van der Waals surface area contributed by atoms with E-state index in [1.54, 1.807) is 6.20 Å². The van der Waals surface area contributed by atoms with Crippen molar-refractivity contribution in [3.63, 3.8) is 0 Å². The van der Waals surface area contributed by atoms with E-state index in [2.05, 4.69) is 36.8 Å². The van der Waals surface area contributed by atoms with Crippen molar-refractivity contribution in [3.05, 3.63) is 42.2 Å². The Morgan fingerprint density at radius 3 is 2.86 bits per heavy atom. The van der Waals surface area contributed by atoms with Gasteiger partial charge in [-0.05, 0) is 50.5 Å². The van der Waals surface area contributed by atoms with Gasteiger partial charge in [0.1, 0.15) is 6.61 Å². The van der Waals surface area contributed by atoms with E-state index < -0.39 is 0 Å². The second-order valence-electron chi connectivity index (χ2n) is 6.90. The van der Waals surface area contributed by atoms with E-state index in [0.717, 1.165) is 46.3 Å². The van der Waals surface area contributed by atoms with Crippen LogP contribution in [0.15, 0.2) is 41.8 Å². The maximum Gasteiger partial charge on any atom is 0.321 e. The Labute approximate surface area is 168 Å². The zero-order chi connectivity index (χ0) is 20.2. The number of benzene rings is 1. The van der Waals surface area contributed by atoms with Gasteiger partial charge in [0, 0.05) is 36.0 Å². The summed E-state index contributed by atoms with van der Waals surface area (Å²) in [5.74, 6) is 0.763. The van der Waals surface area contributed by atoms with Crippen molar-refractivity contribution < 1.29 is 9.63 Å². The normalized spacial score (nSPS) is 14.1. The molecule has 0 spiro atoms. The van der Waals surface area contributed by atoms with E-state index in [1.165, 1.54) is 0 Å². The number of imidazole rings is 1. The molecule has 0 aliphatic heterocycles. The Kier molecular flexibility index (Phi) is 5.41. The minimum atomic E-state index is -0.300. The number of nitrogens with zero attached hydrogens (tertiary/aromatic N) is 3. The van der Waals surface area contributed by atoms with E-state index in [4.69, 9.17) is 4.84 Å². The molecule has 1 aliphatic rings. The number of nitrogens with one attached hydrogen (secondary N) is 3. The molecule has 2 amide bonds. The van der Waals surface area contributed by atoms with Crippen LogP contribution in [0.2, 0.25) is 0 Å². The summed E-state index contributed by atoms with van der Waals surface area (Å²) in [5.41, 5.74) is 5.40. The van der Waals surface area contributed by atoms with Crippen LogP contribution < -0.4 is 10.6 Å². The van der Waals surface area contributed by atoms with Crippen molar-refractivity contribution in [1.82, 2.24) is 20.3 Å².